The van der Waals surface area contributed by atoms with Crippen molar-refractivity contribution in [3.63, 3.8) is 0 Å². The summed E-state index contributed by atoms with van der Waals surface area (Å²) in [4.78, 5) is 0. The molecule has 0 amide bonds. The Labute approximate surface area is 87.5 Å². The van der Waals surface area contributed by atoms with Gasteiger partial charge in [0.2, 0.25) is 0 Å². The first-order valence-electron chi connectivity index (χ1n) is 5.38. The molecule has 1 atom stereocenters. The van der Waals surface area contributed by atoms with E-state index in [0.717, 1.165) is 6.42 Å². The summed E-state index contributed by atoms with van der Waals surface area (Å²) in [6.45, 7) is 8.91. The zero-order valence-corrected chi connectivity index (χ0v) is 9.67. The van der Waals surface area contributed by atoms with Crippen LogP contribution in [0.5, 0.6) is 0 Å². The highest BCUT2D eigenvalue weighted by Gasteiger charge is 2.17. The van der Waals surface area contributed by atoms with Crippen molar-refractivity contribution >= 4 is 0 Å². The van der Waals surface area contributed by atoms with Gasteiger partial charge in [0.25, 0.3) is 0 Å². The zero-order valence-electron chi connectivity index (χ0n) is 9.67. The number of rotatable bonds is 4. The van der Waals surface area contributed by atoms with Gasteiger partial charge in [0.05, 0.1) is 0 Å². The minimum Gasteiger partial charge on any atom is -0.305 e. The maximum atomic E-state index is 3.62. The van der Waals surface area contributed by atoms with Crippen LogP contribution in [0.15, 0.2) is 30.3 Å². The quantitative estimate of drug-likeness (QED) is 0.767. The molecule has 0 spiro atoms. The third-order valence-electron chi connectivity index (χ3n) is 2.79. The molecule has 0 saturated carbocycles. The second-order valence-corrected chi connectivity index (χ2v) is 4.51. The summed E-state index contributed by atoms with van der Waals surface area (Å²) in [5.74, 6) is 0. The second kappa shape index (κ2) is 4.61. The van der Waals surface area contributed by atoms with Gasteiger partial charge in [-0.25, -0.2) is 0 Å². The van der Waals surface area contributed by atoms with Crippen molar-refractivity contribution in [2.24, 2.45) is 0 Å². The minimum absolute atomic E-state index is 0.218. The van der Waals surface area contributed by atoms with E-state index in [4.69, 9.17) is 0 Å². The van der Waals surface area contributed by atoms with Crippen molar-refractivity contribution in [3.05, 3.63) is 35.9 Å². The lowest BCUT2D eigenvalue weighted by Gasteiger charge is -2.29. The Hall–Kier alpha value is -0.820. The standard InChI is InChI=1S/C13H21N/c1-5-13(3,4)14-11(2)12-9-7-6-8-10-12/h6-11,14H,5H2,1-4H3/t11-/m1/s1. The molecule has 0 heterocycles. The van der Waals surface area contributed by atoms with Crippen LogP contribution in [0.4, 0.5) is 0 Å². The lowest BCUT2D eigenvalue weighted by molar-refractivity contribution is 0.337. The van der Waals surface area contributed by atoms with Crippen molar-refractivity contribution in [1.82, 2.24) is 5.32 Å². The molecule has 1 aromatic carbocycles. The van der Waals surface area contributed by atoms with Gasteiger partial charge in [-0.3, -0.25) is 0 Å². The molecule has 1 heteroatoms. The summed E-state index contributed by atoms with van der Waals surface area (Å²) < 4.78 is 0. The van der Waals surface area contributed by atoms with Gasteiger partial charge in [0, 0.05) is 11.6 Å². The van der Waals surface area contributed by atoms with Gasteiger partial charge in [-0.15, -0.1) is 0 Å². The maximum Gasteiger partial charge on any atom is 0.0296 e. The predicted molar refractivity (Wildman–Crippen MR) is 62.4 cm³/mol. The maximum absolute atomic E-state index is 3.62. The van der Waals surface area contributed by atoms with Crippen molar-refractivity contribution < 1.29 is 0 Å². The molecule has 0 aliphatic rings. The molecule has 1 nitrogen and oxygen atoms in total. The van der Waals surface area contributed by atoms with Crippen molar-refractivity contribution in [2.75, 3.05) is 0 Å². The fourth-order valence-corrected chi connectivity index (χ4v) is 1.51. The summed E-state index contributed by atoms with van der Waals surface area (Å²) >= 11 is 0. The Morgan fingerprint density at radius 2 is 1.79 bits per heavy atom. The van der Waals surface area contributed by atoms with E-state index in [1.54, 1.807) is 0 Å². The Kier molecular flexibility index (Phi) is 3.70. The fraction of sp³-hybridized carbons (Fsp3) is 0.538. The van der Waals surface area contributed by atoms with E-state index >= 15 is 0 Å². The topological polar surface area (TPSA) is 12.0 Å². The van der Waals surface area contributed by atoms with E-state index in [2.05, 4.69) is 63.3 Å². The van der Waals surface area contributed by atoms with Crippen LogP contribution in [0.3, 0.4) is 0 Å². The first-order valence-corrected chi connectivity index (χ1v) is 5.38. The molecule has 0 unspecified atom stereocenters. The van der Waals surface area contributed by atoms with Gasteiger partial charge < -0.3 is 5.32 Å². The SMILES string of the molecule is CCC(C)(C)N[C@H](C)c1ccccc1. The molecule has 0 radical (unpaired) electrons. The average Bonchev–Trinajstić information content (AvgIpc) is 2.19. The minimum atomic E-state index is 0.218. The normalized spacial score (nSPS) is 14.0. The molecule has 1 N–H and O–H groups in total. The van der Waals surface area contributed by atoms with Crippen LogP contribution in [0.2, 0.25) is 0 Å². The molecule has 0 fully saturated rings. The Morgan fingerprint density at radius 1 is 1.21 bits per heavy atom. The number of hydrogen-bond donors (Lipinski definition) is 1. The highest BCUT2D eigenvalue weighted by atomic mass is 15.0. The van der Waals surface area contributed by atoms with Crippen LogP contribution in [0, 0.1) is 0 Å². The molecule has 0 saturated heterocycles. The zero-order chi connectivity index (χ0) is 10.6. The largest absolute Gasteiger partial charge is 0.305 e. The van der Waals surface area contributed by atoms with Crippen LogP contribution in [-0.2, 0) is 0 Å². The van der Waals surface area contributed by atoms with Gasteiger partial charge in [-0.1, -0.05) is 37.3 Å². The van der Waals surface area contributed by atoms with E-state index < -0.39 is 0 Å². The van der Waals surface area contributed by atoms with E-state index in [1.807, 2.05) is 0 Å². The molecule has 1 aromatic rings. The van der Waals surface area contributed by atoms with E-state index in [1.165, 1.54) is 5.56 Å². The number of hydrogen-bond acceptors (Lipinski definition) is 1. The van der Waals surface area contributed by atoms with Gasteiger partial charge in [-0.05, 0) is 32.8 Å². The van der Waals surface area contributed by atoms with Gasteiger partial charge in [-0.2, -0.15) is 0 Å². The van der Waals surface area contributed by atoms with Crippen LogP contribution < -0.4 is 5.32 Å². The summed E-state index contributed by atoms with van der Waals surface area (Å²) in [6.07, 6.45) is 1.14. The molecule has 0 aliphatic heterocycles. The summed E-state index contributed by atoms with van der Waals surface area (Å²) in [5.41, 5.74) is 1.57. The van der Waals surface area contributed by atoms with Crippen molar-refractivity contribution in [1.29, 1.82) is 0 Å². The second-order valence-electron chi connectivity index (χ2n) is 4.51. The van der Waals surface area contributed by atoms with E-state index in [0.29, 0.717) is 6.04 Å². The fourth-order valence-electron chi connectivity index (χ4n) is 1.51. The third kappa shape index (κ3) is 3.15. The van der Waals surface area contributed by atoms with Gasteiger partial charge >= 0.3 is 0 Å². The summed E-state index contributed by atoms with van der Waals surface area (Å²) in [5, 5.41) is 3.62. The molecule has 0 aromatic heterocycles. The third-order valence-corrected chi connectivity index (χ3v) is 2.79. The molecule has 0 bridgehead atoms. The van der Waals surface area contributed by atoms with E-state index in [9.17, 15) is 0 Å². The molecule has 0 aliphatic carbocycles. The van der Waals surface area contributed by atoms with Crippen LogP contribution in [0.1, 0.15) is 45.7 Å². The molecule has 78 valence electrons. The average molecular weight is 191 g/mol. The highest BCUT2D eigenvalue weighted by molar-refractivity contribution is 5.18. The smallest absolute Gasteiger partial charge is 0.0296 e. The van der Waals surface area contributed by atoms with Crippen molar-refractivity contribution in [3.8, 4) is 0 Å². The highest BCUT2D eigenvalue weighted by Crippen LogP contribution is 2.17. The Balaban J connectivity index is 2.64. The van der Waals surface area contributed by atoms with E-state index in [-0.39, 0.29) is 5.54 Å². The predicted octanol–water partition coefficient (Wildman–Crippen LogP) is 3.53. The molecule has 14 heavy (non-hydrogen) atoms. The summed E-state index contributed by atoms with van der Waals surface area (Å²) in [6, 6.07) is 11.0. The first-order chi connectivity index (χ1) is 6.55. The van der Waals surface area contributed by atoms with Gasteiger partial charge in [0.1, 0.15) is 0 Å². The molecule has 1 rings (SSSR count). The monoisotopic (exact) mass is 191 g/mol. The van der Waals surface area contributed by atoms with Gasteiger partial charge in [0.15, 0.2) is 0 Å². The Morgan fingerprint density at radius 3 is 2.29 bits per heavy atom. The molecular weight excluding hydrogens is 170 g/mol. The summed E-state index contributed by atoms with van der Waals surface area (Å²) in [7, 11) is 0. The van der Waals surface area contributed by atoms with Crippen molar-refractivity contribution in [2.45, 2.75) is 45.7 Å². The van der Waals surface area contributed by atoms with Crippen LogP contribution in [0.25, 0.3) is 0 Å². The molecular formula is C13H21N. The Bertz CT molecular complexity index is 264. The number of nitrogens with one attached hydrogen (secondary N) is 1. The van der Waals surface area contributed by atoms with Crippen LogP contribution >= 0.6 is 0 Å². The lowest BCUT2D eigenvalue weighted by atomic mass is 9.98. The first kappa shape index (κ1) is 11.3. The lowest BCUT2D eigenvalue weighted by Crippen LogP contribution is -2.40. The number of benzene rings is 1. The van der Waals surface area contributed by atoms with Crippen LogP contribution in [-0.4, -0.2) is 5.54 Å².